The lowest BCUT2D eigenvalue weighted by Gasteiger charge is -2.39. The average molecular weight is 279 g/mol. The highest BCUT2D eigenvalue weighted by atomic mass is 32.2. The summed E-state index contributed by atoms with van der Waals surface area (Å²) in [5.74, 6) is 1.21. The van der Waals surface area contributed by atoms with Crippen LogP contribution in [0.4, 0.5) is 5.69 Å². The Labute approximate surface area is 121 Å². The van der Waals surface area contributed by atoms with Gasteiger partial charge < -0.3 is 10.2 Å². The number of pyridine rings is 1. The summed E-state index contributed by atoms with van der Waals surface area (Å²) in [6, 6.07) is 5.28. The molecule has 3 unspecified atom stereocenters. The van der Waals surface area contributed by atoms with Crippen LogP contribution in [0.25, 0.3) is 0 Å². The third-order valence-corrected chi connectivity index (χ3v) is 5.28. The van der Waals surface area contributed by atoms with Crippen molar-refractivity contribution in [2.75, 3.05) is 23.7 Å². The largest absolute Gasteiger partial charge is 0.366 e. The van der Waals surface area contributed by atoms with Gasteiger partial charge in [-0.25, -0.2) is 0 Å². The van der Waals surface area contributed by atoms with Crippen LogP contribution >= 0.6 is 11.8 Å². The van der Waals surface area contributed by atoms with Crippen LogP contribution in [0.3, 0.4) is 0 Å². The van der Waals surface area contributed by atoms with Crippen LogP contribution < -0.4 is 10.2 Å². The summed E-state index contributed by atoms with van der Waals surface area (Å²) in [5, 5.41) is 4.09. The molecule has 0 bridgehead atoms. The number of nitrogens with zero attached hydrogens (tertiary/aromatic N) is 2. The standard InChI is InChI=1S/C15H25N3S/c1-5-16-11(2)15-7-6-14(10-17-15)18-8-9-19-13(4)12(18)3/h6-7,10-13,16H,5,8-9H2,1-4H3. The van der Waals surface area contributed by atoms with Crippen molar-refractivity contribution in [3.8, 4) is 0 Å². The molecule has 3 atom stereocenters. The van der Waals surface area contributed by atoms with Gasteiger partial charge in [0.15, 0.2) is 0 Å². The maximum absolute atomic E-state index is 4.62. The minimum atomic E-state index is 0.326. The molecule has 2 rings (SSSR count). The minimum Gasteiger partial charge on any atom is -0.366 e. The van der Waals surface area contributed by atoms with Crippen molar-refractivity contribution in [3.63, 3.8) is 0 Å². The van der Waals surface area contributed by atoms with Crippen LogP contribution in [0.2, 0.25) is 0 Å². The van der Waals surface area contributed by atoms with Gasteiger partial charge in [0, 0.05) is 29.6 Å². The molecular formula is C15H25N3S. The normalized spacial score (nSPS) is 25.4. The van der Waals surface area contributed by atoms with E-state index < -0.39 is 0 Å². The molecule has 106 valence electrons. The number of anilines is 1. The average Bonchev–Trinajstić information content (AvgIpc) is 2.42. The molecule has 1 aliphatic heterocycles. The highest BCUT2D eigenvalue weighted by Gasteiger charge is 2.25. The zero-order chi connectivity index (χ0) is 13.8. The Morgan fingerprint density at radius 2 is 2.26 bits per heavy atom. The van der Waals surface area contributed by atoms with Crippen LogP contribution in [-0.2, 0) is 0 Å². The summed E-state index contributed by atoms with van der Waals surface area (Å²) >= 11 is 2.07. The Hall–Kier alpha value is -0.740. The molecule has 0 aliphatic carbocycles. The lowest BCUT2D eigenvalue weighted by Crippen LogP contribution is -2.44. The van der Waals surface area contributed by atoms with Gasteiger partial charge in [0.1, 0.15) is 0 Å². The van der Waals surface area contributed by atoms with Crippen molar-refractivity contribution in [2.45, 2.75) is 45.0 Å². The molecule has 1 fully saturated rings. The van der Waals surface area contributed by atoms with E-state index in [-0.39, 0.29) is 0 Å². The van der Waals surface area contributed by atoms with E-state index in [1.807, 2.05) is 6.20 Å². The predicted octanol–water partition coefficient (Wildman–Crippen LogP) is 3.08. The summed E-state index contributed by atoms with van der Waals surface area (Å²) in [4.78, 5) is 7.10. The molecule has 19 heavy (non-hydrogen) atoms. The first-order valence-corrected chi connectivity index (χ1v) is 8.26. The van der Waals surface area contributed by atoms with Gasteiger partial charge in [-0.2, -0.15) is 11.8 Å². The highest BCUT2D eigenvalue weighted by molar-refractivity contribution is 8.00. The summed E-state index contributed by atoms with van der Waals surface area (Å²) in [7, 11) is 0. The van der Waals surface area contributed by atoms with Crippen molar-refractivity contribution in [2.24, 2.45) is 0 Å². The van der Waals surface area contributed by atoms with E-state index in [0.717, 1.165) is 18.8 Å². The molecule has 1 saturated heterocycles. The van der Waals surface area contributed by atoms with Gasteiger partial charge in [-0.15, -0.1) is 0 Å². The fourth-order valence-electron chi connectivity index (χ4n) is 2.53. The molecule has 1 aromatic heterocycles. The van der Waals surface area contributed by atoms with E-state index in [9.17, 15) is 0 Å². The molecule has 1 aliphatic rings. The number of rotatable bonds is 4. The second kappa shape index (κ2) is 6.62. The minimum absolute atomic E-state index is 0.326. The third-order valence-electron chi connectivity index (χ3n) is 3.94. The Morgan fingerprint density at radius 3 is 2.89 bits per heavy atom. The molecule has 0 aromatic carbocycles. The second-order valence-corrected chi connectivity index (χ2v) is 6.72. The van der Waals surface area contributed by atoms with Crippen molar-refractivity contribution in [1.82, 2.24) is 10.3 Å². The lowest BCUT2D eigenvalue weighted by molar-refractivity contribution is 0.582. The number of thioether (sulfide) groups is 1. The van der Waals surface area contributed by atoms with Crippen LogP contribution in [0, 0.1) is 0 Å². The van der Waals surface area contributed by atoms with Crippen LogP contribution in [-0.4, -0.2) is 35.1 Å². The first kappa shape index (κ1) is 14.7. The van der Waals surface area contributed by atoms with Crippen LogP contribution in [0.5, 0.6) is 0 Å². The van der Waals surface area contributed by atoms with E-state index in [4.69, 9.17) is 0 Å². The topological polar surface area (TPSA) is 28.2 Å². The molecular weight excluding hydrogens is 254 g/mol. The van der Waals surface area contributed by atoms with Crippen molar-refractivity contribution >= 4 is 17.4 Å². The Balaban J connectivity index is 2.09. The Morgan fingerprint density at radius 1 is 1.47 bits per heavy atom. The molecule has 0 spiro atoms. The summed E-state index contributed by atoms with van der Waals surface area (Å²) in [6.07, 6.45) is 2.03. The number of hydrogen-bond acceptors (Lipinski definition) is 4. The zero-order valence-electron chi connectivity index (χ0n) is 12.4. The maximum Gasteiger partial charge on any atom is 0.0572 e. The van der Waals surface area contributed by atoms with E-state index in [2.05, 4.69) is 66.8 Å². The van der Waals surface area contributed by atoms with Crippen molar-refractivity contribution in [3.05, 3.63) is 24.0 Å². The molecule has 1 aromatic rings. The molecule has 2 heterocycles. The molecule has 1 N–H and O–H groups in total. The van der Waals surface area contributed by atoms with Gasteiger partial charge >= 0.3 is 0 Å². The zero-order valence-corrected chi connectivity index (χ0v) is 13.2. The summed E-state index contributed by atoms with van der Waals surface area (Å²) in [5.41, 5.74) is 2.38. The Kier molecular flexibility index (Phi) is 5.11. The van der Waals surface area contributed by atoms with Crippen LogP contribution in [0.15, 0.2) is 18.3 Å². The fourth-order valence-corrected chi connectivity index (χ4v) is 3.63. The van der Waals surface area contributed by atoms with Gasteiger partial charge in [-0.05, 0) is 32.5 Å². The van der Waals surface area contributed by atoms with E-state index in [1.165, 1.54) is 11.4 Å². The third kappa shape index (κ3) is 3.42. The summed E-state index contributed by atoms with van der Waals surface area (Å²) in [6.45, 7) is 11.0. The fraction of sp³-hybridized carbons (Fsp3) is 0.667. The SMILES string of the molecule is CCNC(C)c1ccc(N2CCSC(C)C2C)cn1. The highest BCUT2D eigenvalue weighted by Crippen LogP contribution is 2.28. The first-order valence-electron chi connectivity index (χ1n) is 7.21. The number of hydrogen-bond donors (Lipinski definition) is 1. The quantitative estimate of drug-likeness (QED) is 0.917. The Bertz CT molecular complexity index is 393. The molecule has 0 radical (unpaired) electrons. The van der Waals surface area contributed by atoms with Gasteiger partial charge in [0.05, 0.1) is 17.6 Å². The molecule has 4 heteroatoms. The molecule has 0 amide bonds. The molecule has 0 saturated carbocycles. The first-order chi connectivity index (χ1) is 9.13. The smallest absolute Gasteiger partial charge is 0.0572 e. The number of nitrogens with one attached hydrogen (secondary N) is 1. The molecule has 3 nitrogen and oxygen atoms in total. The van der Waals surface area contributed by atoms with Gasteiger partial charge in [0.2, 0.25) is 0 Å². The van der Waals surface area contributed by atoms with Gasteiger partial charge in [0.25, 0.3) is 0 Å². The summed E-state index contributed by atoms with van der Waals surface area (Å²) < 4.78 is 0. The van der Waals surface area contributed by atoms with Gasteiger partial charge in [-0.3, -0.25) is 4.98 Å². The second-order valence-electron chi connectivity index (χ2n) is 5.23. The lowest BCUT2D eigenvalue weighted by atomic mass is 10.1. The maximum atomic E-state index is 4.62. The van der Waals surface area contributed by atoms with Crippen LogP contribution in [0.1, 0.15) is 39.4 Å². The van der Waals surface area contributed by atoms with E-state index in [1.54, 1.807) is 0 Å². The number of aromatic nitrogens is 1. The predicted molar refractivity (Wildman–Crippen MR) is 85.1 cm³/mol. The van der Waals surface area contributed by atoms with Crippen molar-refractivity contribution < 1.29 is 0 Å². The van der Waals surface area contributed by atoms with Gasteiger partial charge in [-0.1, -0.05) is 13.8 Å². The van der Waals surface area contributed by atoms with E-state index >= 15 is 0 Å². The van der Waals surface area contributed by atoms with E-state index in [0.29, 0.717) is 17.3 Å². The monoisotopic (exact) mass is 279 g/mol. The van der Waals surface area contributed by atoms with Crippen molar-refractivity contribution in [1.29, 1.82) is 0 Å².